The van der Waals surface area contributed by atoms with Gasteiger partial charge in [0, 0.05) is 13.2 Å². The molecule has 0 spiro atoms. The van der Waals surface area contributed by atoms with Gasteiger partial charge >= 0.3 is 5.97 Å². The van der Waals surface area contributed by atoms with Crippen molar-refractivity contribution in [1.29, 1.82) is 0 Å². The Bertz CT molecular complexity index is 529. The Morgan fingerprint density at radius 1 is 0.969 bits per heavy atom. The lowest BCUT2D eigenvalue weighted by Crippen LogP contribution is -2.49. The van der Waals surface area contributed by atoms with E-state index in [2.05, 4.69) is 12.2 Å². The Morgan fingerprint density at radius 3 is 2.19 bits per heavy atom. The van der Waals surface area contributed by atoms with Crippen LogP contribution in [0.1, 0.15) is 98.3 Å². The van der Waals surface area contributed by atoms with Crippen molar-refractivity contribution in [3.63, 3.8) is 0 Å². The van der Waals surface area contributed by atoms with E-state index in [9.17, 15) is 4.79 Å². The second-order valence-corrected chi connectivity index (χ2v) is 9.52. The molecular weight excluding hydrogens is 410 g/mol. The Balaban J connectivity index is 1.75. The van der Waals surface area contributed by atoms with E-state index in [1.165, 1.54) is 57.8 Å². The van der Waals surface area contributed by atoms with Gasteiger partial charge in [0.25, 0.3) is 0 Å². The lowest BCUT2D eigenvalue weighted by atomic mass is 10.00. The van der Waals surface area contributed by atoms with Gasteiger partial charge < -0.3 is 29.0 Å². The largest absolute Gasteiger partial charge is 0.466 e. The molecule has 0 aliphatic carbocycles. The predicted octanol–water partition coefficient (Wildman–Crippen LogP) is 4.71. The number of nitrogens with one attached hydrogen (secondary N) is 1. The van der Waals surface area contributed by atoms with Crippen LogP contribution in [0.25, 0.3) is 0 Å². The standard InChI is InChI=1S/C25H47NO6/c1-6-8-9-10-11-12-13-14-15-16-17-26-19(18-20(27)29-7-2)21-22(28-5)23-24(30-21)32-25(3,4)31-23/h19,21-24,26H,6-18H2,1-5H3/t19-,21-,22+,23-,24-/m1/s1. The van der Waals surface area contributed by atoms with Gasteiger partial charge in [-0.2, -0.15) is 0 Å². The molecule has 0 aromatic rings. The summed E-state index contributed by atoms with van der Waals surface area (Å²) >= 11 is 0. The highest BCUT2D eigenvalue weighted by Crippen LogP contribution is 2.39. The second-order valence-electron chi connectivity index (χ2n) is 9.52. The molecule has 1 N–H and O–H groups in total. The second kappa shape index (κ2) is 14.5. The highest BCUT2D eigenvalue weighted by Gasteiger charge is 2.56. The molecule has 7 nitrogen and oxygen atoms in total. The number of ether oxygens (including phenoxy) is 5. The van der Waals surface area contributed by atoms with Gasteiger partial charge in [0.2, 0.25) is 0 Å². The van der Waals surface area contributed by atoms with E-state index in [1.54, 1.807) is 7.11 Å². The van der Waals surface area contributed by atoms with Gasteiger partial charge in [-0.25, -0.2) is 0 Å². The van der Waals surface area contributed by atoms with Crippen molar-refractivity contribution in [2.45, 2.75) is 135 Å². The Hall–Kier alpha value is -0.730. The van der Waals surface area contributed by atoms with Crippen LogP contribution in [0.3, 0.4) is 0 Å². The number of carbonyl (C=O) groups is 1. The van der Waals surface area contributed by atoms with Gasteiger partial charge in [0.15, 0.2) is 12.1 Å². The third kappa shape index (κ3) is 8.90. The molecule has 2 rings (SSSR count). The van der Waals surface area contributed by atoms with Crippen LogP contribution in [0.5, 0.6) is 0 Å². The summed E-state index contributed by atoms with van der Waals surface area (Å²) in [5.74, 6) is -0.928. The van der Waals surface area contributed by atoms with E-state index in [0.29, 0.717) is 6.61 Å². The van der Waals surface area contributed by atoms with Crippen molar-refractivity contribution in [1.82, 2.24) is 5.32 Å². The minimum atomic E-state index is -0.697. The number of hydrogen-bond donors (Lipinski definition) is 1. The molecule has 2 saturated heterocycles. The zero-order valence-electron chi connectivity index (χ0n) is 21.0. The lowest BCUT2D eigenvalue weighted by molar-refractivity contribution is -0.220. The number of esters is 1. The van der Waals surface area contributed by atoms with Crippen molar-refractivity contribution < 1.29 is 28.5 Å². The predicted molar refractivity (Wildman–Crippen MR) is 124 cm³/mol. The third-order valence-electron chi connectivity index (χ3n) is 6.32. The summed E-state index contributed by atoms with van der Waals surface area (Å²) in [6.07, 6.45) is 11.8. The van der Waals surface area contributed by atoms with E-state index in [0.717, 1.165) is 13.0 Å². The Kier molecular flexibility index (Phi) is 12.5. The summed E-state index contributed by atoms with van der Waals surface area (Å²) in [5.41, 5.74) is 0. The fraction of sp³-hybridized carbons (Fsp3) is 0.960. The monoisotopic (exact) mass is 457 g/mol. The van der Waals surface area contributed by atoms with Crippen molar-refractivity contribution in [2.75, 3.05) is 20.3 Å². The molecule has 0 aromatic heterocycles. The van der Waals surface area contributed by atoms with Crippen LogP contribution in [0.4, 0.5) is 0 Å². The first-order valence-corrected chi connectivity index (χ1v) is 12.8. The van der Waals surface area contributed by atoms with Crippen LogP contribution in [-0.4, -0.2) is 62.7 Å². The topological polar surface area (TPSA) is 75.3 Å². The maximum Gasteiger partial charge on any atom is 0.307 e. The van der Waals surface area contributed by atoms with E-state index in [-0.39, 0.29) is 36.7 Å². The molecule has 2 heterocycles. The van der Waals surface area contributed by atoms with Gasteiger partial charge in [-0.05, 0) is 33.7 Å². The molecule has 0 saturated carbocycles. The van der Waals surface area contributed by atoms with Gasteiger partial charge in [-0.15, -0.1) is 0 Å². The highest BCUT2D eigenvalue weighted by atomic mass is 16.8. The van der Waals surface area contributed by atoms with Crippen LogP contribution in [0.2, 0.25) is 0 Å². The SMILES string of the molecule is CCCCCCCCCCCCN[C@H](CC(=O)OCC)[C@H]1O[C@@H]2OC(C)(C)O[C@@H]2[C@H]1OC. The molecule has 32 heavy (non-hydrogen) atoms. The molecule has 0 unspecified atom stereocenters. The minimum absolute atomic E-state index is 0.210. The highest BCUT2D eigenvalue weighted by molar-refractivity contribution is 5.70. The molecule has 7 heteroatoms. The summed E-state index contributed by atoms with van der Waals surface area (Å²) in [6, 6.07) is -0.210. The maximum atomic E-state index is 12.2. The first-order chi connectivity index (χ1) is 15.4. The molecule has 2 fully saturated rings. The third-order valence-corrected chi connectivity index (χ3v) is 6.32. The molecule has 5 atom stereocenters. The zero-order chi connectivity index (χ0) is 23.4. The summed E-state index contributed by atoms with van der Waals surface area (Å²) in [5, 5.41) is 3.53. The Labute approximate surface area is 195 Å². The van der Waals surface area contributed by atoms with Gasteiger partial charge in [-0.1, -0.05) is 64.7 Å². The number of rotatable bonds is 17. The van der Waals surface area contributed by atoms with E-state index in [4.69, 9.17) is 23.7 Å². The van der Waals surface area contributed by atoms with Crippen molar-refractivity contribution in [2.24, 2.45) is 0 Å². The molecule has 0 bridgehead atoms. The number of carbonyl (C=O) groups excluding carboxylic acids is 1. The van der Waals surface area contributed by atoms with E-state index in [1.807, 2.05) is 20.8 Å². The molecule has 188 valence electrons. The fourth-order valence-corrected chi connectivity index (χ4v) is 4.70. The summed E-state index contributed by atoms with van der Waals surface area (Å²) < 4.78 is 29.0. The first kappa shape index (κ1) is 27.5. The van der Waals surface area contributed by atoms with Crippen LogP contribution >= 0.6 is 0 Å². The summed E-state index contributed by atoms with van der Waals surface area (Å²) in [4.78, 5) is 12.2. The molecular formula is C25H47NO6. The normalized spacial score (nSPS) is 27.4. The maximum absolute atomic E-state index is 12.2. The molecule has 0 radical (unpaired) electrons. The van der Waals surface area contributed by atoms with Crippen molar-refractivity contribution >= 4 is 5.97 Å². The zero-order valence-corrected chi connectivity index (χ0v) is 21.0. The average Bonchev–Trinajstić information content (AvgIpc) is 3.22. The van der Waals surface area contributed by atoms with Gasteiger partial charge in [0.1, 0.15) is 18.3 Å². The number of hydrogen-bond acceptors (Lipinski definition) is 7. The number of unbranched alkanes of at least 4 members (excludes halogenated alkanes) is 9. The molecule has 0 aromatic carbocycles. The van der Waals surface area contributed by atoms with Crippen LogP contribution in [0, 0.1) is 0 Å². The van der Waals surface area contributed by atoms with Crippen molar-refractivity contribution in [3.8, 4) is 0 Å². The van der Waals surface area contributed by atoms with Crippen LogP contribution in [0.15, 0.2) is 0 Å². The van der Waals surface area contributed by atoms with E-state index < -0.39 is 12.1 Å². The lowest BCUT2D eigenvalue weighted by Gasteiger charge is -2.30. The number of methoxy groups -OCH3 is 1. The molecule has 2 aliphatic heterocycles. The summed E-state index contributed by atoms with van der Waals surface area (Å²) in [6.45, 7) is 9.02. The minimum Gasteiger partial charge on any atom is -0.466 e. The molecule has 0 amide bonds. The van der Waals surface area contributed by atoms with Crippen LogP contribution < -0.4 is 5.32 Å². The fourth-order valence-electron chi connectivity index (χ4n) is 4.70. The smallest absolute Gasteiger partial charge is 0.307 e. The van der Waals surface area contributed by atoms with Crippen molar-refractivity contribution in [3.05, 3.63) is 0 Å². The quantitative estimate of drug-likeness (QED) is 0.250. The van der Waals surface area contributed by atoms with E-state index >= 15 is 0 Å². The summed E-state index contributed by atoms with van der Waals surface area (Å²) in [7, 11) is 1.65. The Morgan fingerprint density at radius 2 is 1.59 bits per heavy atom. The van der Waals surface area contributed by atoms with Gasteiger partial charge in [0.05, 0.1) is 13.0 Å². The average molecular weight is 458 g/mol. The number of fused-ring (bicyclic) bond motifs is 1. The van der Waals surface area contributed by atoms with Gasteiger partial charge in [-0.3, -0.25) is 4.79 Å². The first-order valence-electron chi connectivity index (χ1n) is 12.8. The van der Waals surface area contributed by atoms with Crippen LogP contribution in [-0.2, 0) is 28.5 Å². The molecule has 2 aliphatic rings.